The van der Waals surface area contributed by atoms with E-state index >= 15 is 0 Å². The van der Waals surface area contributed by atoms with E-state index in [1.165, 1.54) is 49.0 Å². The van der Waals surface area contributed by atoms with Gasteiger partial charge < -0.3 is 5.32 Å². The van der Waals surface area contributed by atoms with Crippen LogP contribution in [0.1, 0.15) is 71.5 Å². The van der Waals surface area contributed by atoms with Crippen LogP contribution in [0.3, 0.4) is 0 Å². The first-order valence-electron chi connectivity index (χ1n) is 8.30. The molecule has 2 unspecified atom stereocenters. The molecule has 1 fully saturated rings. The Hall–Kier alpha value is -0.540. The van der Waals surface area contributed by atoms with Crippen molar-refractivity contribution in [1.29, 1.82) is 0 Å². The number of hydrogen-bond acceptors (Lipinski definition) is 2. The summed E-state index contributed by atoms with van der Waals surface area (Å²) in [7, 11) is 0. The number of hydrogen-bond donors (Lipinski definition) is 1. The van der Waals surface area contributed by atoms with Gasteiger partial charge in [0, 0.05) is 10.9 Å². The summed E-state index contributed by atoms with van der Waals surface area (Å²) < 4.78 is 0. The maximum absolute atomic E-state index is 12.5. The number of fused-ring (bicyclic) bond motifs is 1. The Kier molecular flexibility index (Phi) is 5.23. The molecule has 1 aromatic rings. The molecule has 21 heavy (non-hydrogen) atoms. The molecule has 0 aliphatic heterocycles. The summed E-state index contributed by atoms with van der Waals surface area (Å²) in [5.74, 6) is 0.0885. The summed E-state index contributed by atoms with van der Waals surface area (Å²) in [5, 5.41) is 3.28. The first kappa shape index (κ1) is 15.4. The Morgan fingerprint density at radius 3 is 2.76 bits per heavy atom. The lowest BCUT2D eigenvalue weighted by Gasteiger charge is -2.20. The van der Waals surface area contributed by atoms with Crippen molar-refractivity contribution in [1.82, 2.24) is 5.32 Å². The minimum atomic E-state index is 0.0885. The second-order valence-electron chi connectivity index (χ2n) is 6.35. The number of carbonyl (C=O) groups excluding carboxylic acids is 1. The van der Waals surface area contributed by atoms with Gasteiger partial charge in [0.1, 0.15) is 0 Å². The number of rotatable bonds is 2. The number of halogens is 1. The van der Waals surface area contributed by atoms with Gasteiger partial charge in [0.2, 0.25) is 0 Å². The van der Waals surface area contributed by atoms with Crippen molar-refractivity contribution in [2.24, 2.45) is 0 Å². The molecular weight excluding hydrogens is 302 g/mol. The summed E-state index contributed by atoms with van der Waals surface area (Å²) >= 11 is 8.13. The number of aryl methyl sites for hydroxylation is 2. The average Bonchev–Trinajstić information content (AvgIpc) is 2.61. The Bertz CT molecular complexity index is 475. The third kappa shape index (κ3) is 3.81. The Labute approximate surface area is 136 Å². The van der Waals surface area contributed by atoms with Crippen molar-refractivity contribution in [2.45, 2.75) is 75.6 Å². The fraction of sp³-hybridized carbons (Fsp3) is 0.706. The molecular formula is C17H24ClNOS. The molecule has 116 valence electrons. The van der Waals surface area contributed by atoms with Gasteiger partial charge in [0.15, 0.2) is 0 Å². The number of thiophene rings is 1. The molecule has 3 rings (SSSR count). The topological polar surface area (TPSA) is 29.1 Å². The lowest BCUT2D eigenvalue weighted by atomic mass is 10.1. The molecule has 0 aromatic carbocycles. The van der Waals surface area contributed by atoms with Crippen LogP contribution in [0.15, 0.2) is 6.07 Å². The summed E-state index contributed by atoms with van der Waals surface area (Å²) in [6.07, 6.45) is 11.8. The van der Waals surface area contributed by atoms with Gasteiger partial charge in [-0.2, -0.15) is 0 Å². The van der Waals surface area contributed by atoms with Crippen molar-refractivity contribution in [3.8, 4) is 0 Å². The third-order valence-electron chi connectivity index (χ3n) is 4.72. The van der Waals surface area contributed by atoms with Crippen LogP contribution >= 0.6 is 22.9 Å². The molecule has 1 amide bonds. The Morgan fingerprint density at radius 1 is 1.10 bits per heavy atom. The maximum Gasteiger partial charge on any atom is 0.261 e. The van der Waals surface area contributed by atoms with Gasteiger partial charge in [0.05, 0.1) is 10.3 Å². The quantitative estimate of drug-likeness (QED) is 0.477. The minimum Gasteiger partial charge on any atom is -0.347 e. The van der Waals surface area contributed by atoms with Crippen LogP contribution < -0.4 is 5.32 Å². The van der Waals surface area contributed by atoms with Crippen LogP contribution in [-0.4, -0.2) is 17.3 Å². The molecule has 2 aliphatic carbocycles. The predicted octanol–water partition coefficient (Wildman–Crippen LogP) is 4.69. The molecule has 1 N–H and O–H groups in total. The van der Waals surface area contributed by atoms with Gasteiger partial charge in [-0.05, 0) is 50.2 Å². The molecule has 2 aliphatic rings. The van der Waals surface area contributed by atoms with Gasteiger partial charge in [-0.15, -0.1) is 22.9 Å². The van der Waals surface area contributed by atoms with Crippen LogP contribution in [0.2, 0.25) is 0 Å². The molecule has 0 bridgehead atoms. The molecule has 2 nitrogen and oxygen atoms in total. The van der Waals surface area contributed by atoms with Crippen LogP contribution in [-0.2, 0) is 12.8 Å². The second kappa shape index (κ2) is 7.15. The standard InChI is InChI=1S/C17H24ClNOS/c18-13-8-4-2-5-9-14(13)19-17(20)16-11-12-7-3-1-6-10-15(12)21-16/h11,13-14H,1-10H2,(H,19,20). The molecule has 2 atom stereocenters. The van der Waals surface area contributed by atoms with Gasteiger partial charge in [-0.25, -0.2) is 0 Å². The molecule has 4 heteroatoms. The summed E-state index contributed by atoms with van der Waals surface area (Å²) in [4.78, 5) is 14.8. The zero-order chi connectivity index (χ0) is 14.7. The zero-order valence-corrected chi connectivity index (χ0v) is 14.1. The van der Waals surface area contributed by atoms with Gasteiger partial charge in [-0.3, -0.25) is 4.79 Å². The smallest absolute Gasteiger partial charge is 0.261 e. The van der Waals surface area contributed by atoms with Crippen LogP contribution in [0, 0.1) is 0 Å². The fourth-order valence-electron chi connectivity index (χ4n) is 3.44. The predicted molar refractivity (Wildman–Crippen MR) is 89.6 cm³/mol. The minimum absolute atomic E-state index is 0.0885. The van der Waals surface area contributed by atoms with E-state index in [2.05, 4.69) is 11.4 Å². The van der Waals surface area contributed by atoms with E-state index in [1.807, 2.05) is 0 Å². The third-order valence-corrected chi connectivity index (χ3v) is 6.48. The van der Waals surface area contributed by atoms with Crippen LogP contribution in [0.5, 0.6) is 0 Å². The van der Waals surface area contributed by atoms with Crippen molar-refractivity contribution in [3.63, 3.8) is 0 Å². The first-order chi connectivity index (χ1) is 10.2. The van der Waals surface area contributed by atoms with Crippen LogP contribution in [0.4, 0.5) is 0 Å². The van der Waals surface area contributed by atoms with Crippen molar-refractivity contribution >= 4 is 28.8 Å². The highest BCUT2D eigenvalue weighted by Crippen LogP contribution is 2.29. The molecule has 1 aromatic heterocycles. The monoisotopic (exact) mass is 325 g/mol. The lowest BCUT2D eigenvalue weighted by molar-refractivity contribution is 0.0938. The molecule has 1 heterocycles. The number of alkyl halides is 1. The van der Waals surface area contributed by atoms with E-state index in [0.29, 0.717) is 0 Å². The first-order valence-corrected chi connectivity index (χ1v) is 9.56. The summed E-state index contributed by atoms with van der Waals surface area (Å²) in [6.45, 7) is 0. The van der Waals surface area contributed by atoms with E-state index in [0.717, 1.165) is 30.6 Å². The highest BCUT2D eigenvalue weighted by molar-refractivity contribution is 7.14. The van der Waals surface area contributed by atoms with Crippen LogP contribution in [0.25, 0.3) is 0 Å². The van der Waals surface area contributed by atoms with Gasteiger partial charge in [0.25, 0.3) is 5.91 Å². The van der Waals surface area contributed by atoms with Gasteiger partial charge in [-0.1, -0.05) is 25.7 Å². The maximum atomic E-state index is 12.5. The normalized spacial score (nSPS) is 26.5. The second-order valence-corrected chi connectivity index (χ2v) is 8.05. The molecule has 1 saturated carbocycles. The van der Waals surface area contributed by atoms with Gasteiger partial charge >= 0.3 is 0 Å². The molecule has 0 spiro atoms. The molecule has 0 radical (unpaired) electrons. The number of carbonyl (C=O) groups is 1. The van der Waals surface area contributed by atoms with E-state index in [1.54, 1.807) is 11.3 Å². The number of nitrogens with one attached hydrogen (secondary N) is 1. The summed E-state index contributed by atoms with van der Waals surface area (Å²) in [5.41, 5.74) is 1.41. The zero-order valence-electron chi connectivity index (χ0n) is 12.5. The largest absolute Gasteiger partial charge is 0.347 e. The van der Waals surface area contributed by atoms with Crippen molar-refractivity contribution < 1.29 is 4.79 Å². The summed E-state index contributed by atoms with van der Waals surface area (Å²) in [6, 6.07) is 2.27. The fourth-order valence-corrected chi connectivity index (χ4v) is 4.94. The van der Waals surface area contributed by atoms with Crippen molar-refractivity contribution in [2.75, 3.05) is 0 Å². The van der Waals surface area contributed by atoms with Crippen molar-refractivity contribution in [3.05, 3.63) is 21.4 Å². The van der Waals surface area contributed by atoms with E-state index in [-0.39, 0.29) is 17.3 Å². The highest BCUT2D eigenvalue weighted by atomic mass is 35.5. The highest BCUT2D eigenvalue weighted by Gasteiger charge is 2.25. The van der Waals surface area contributed by atoms with E-state index in [4.69, 9.17) is 11.6 Å². The van der Waals surface area contributed by atoms with E-state index in [9.17, 15) is 4.79 Å². The average molecular weight is 326 g/mol. The Balaban J connectivity index is 1.67. The SMILES string of the molecule is O=C(NC1CCCCCC1Cl)c1cc2c(s1)CCCCC2. The lowest BCUT2D eigenvalue weighted by Crippen LogP contribution is -2.40. The van der Waals surface area contributed by atoms with E-state index < -0.39 is 0 Å². The number of amides is 1. The molecule has 0 saturated heterocycles. The Morgan fingerprint density at radius 2 is 1.86 bits per heavy atom.